The van der Waals surface area contributed by atoms with Gasteiger partial charge >= 0.3 is 0 Å². The normalized spacial score (nSPS) is 12.5. The van der Waals surface area contributed by atoms with Crippen molar-refractivity contribution in [1.82, 2.24) is 0 Å². The predicted molar refractivity (Wildman–Crippen MR) is 72.6 cm³/mol. The van der Waals surface area contributed by atoms with Gasteiger partial charge in [-0.25, -0.2) is 13.2 Å². The summed E-state index contributed by atoms with van der Waals surface area (Å²) in [4.78, 5) is 0. The fraction of sp³-hybridized carbons (Fsp3) is 0.250. The highest BCUT2D eigenvalue weighted by molar-refractivity contribution is 5.41. The fourth-order valence-corrected chi connectivity index (χ4v) is 2.04. The highest BCUT2D eigenvalue weighted by Crippen LogP contribution is 2.33. The molecule has 0 aliphatic heterocycles. The van der Waals surface area contributed by atoms with E-state index in [0.717, 1.165) is 0 Å². The smallest absolute Gasteiger partial charge is 0.135 e. The van der Waals surface area contributed by atoms with Gasteiger partial charge in [0.25, 0.3) is 0 Å². The standard InChI is InChI=1S/C16H15F3O2/c1-9(2)21-14-6-4-3-5-11(14)16(20)15-12(18)7-10(17)8-13(15)19/h3-9,16,20H,1-2H3. The Balaban J connectivity index is 2.48. The molecule has 5 heteroatoms. The number of ether oxygens (including phenoxy) is 1. The van der Waals surface area contributed by atoms with Crippen LogP contribution in [-0.2, 0) is 0 Å². The fourth-order valence-electron chi connectivity index (χ4n) is 2.04. The number of aliphatic hydroxyl groups is 1. The first-order valence-electron chi connectivity index (χ1n) is 6.48. The lowest BCUT2D eigenvalue weighted by Crippen LogP contribution is -2.12. The molecule has 0 amide bonds. The number of aliphatic hydroxyl groups excluding tert-OH is 1. The predicted octanol–water partition coefficient (Wildman–Crippen LogP) is 3.97. The Hall–Kier alpha value is -2.01. The van der Waals surface area contributed by atoms with Gasteiger partial charge in [0, 0.05) is 17.7 Å². The third-order valence-electron chi connectivity index (χ3n) is 2.89. The number of hydrogen-bond donors (Lipinski definition) is 1. The first-order valence-corrected chi connectivity index (χ1v) is 6.48. The van der Waals surface area contributed by atoms with Crippen LogP contribution in [0.5, 0.6) is 5.75 Å². The molecule has 1 unspecified atom stereocenters. The molecule has 0 spiro atoms. The molecule has 0 aliphatic carbocycles. The van der Waals surface area contributed by atoms with E-state index in [2.05, 4.69) is 0 Å². The largest absolute Gasteiger partial charge is 0.491 e. The Labute approximate surface area is 120 Å². The van der Waals surface area contributed by atoms with E-state index in [9.17, 15) is 18.3 Å². The summed E-state index contributed by atoms with van der Waals surface area (Å²) in [5.41, 5.74) is -0.383. The topological polar surface area (TPSA) is 29.5 Å². The molecular formula is C16H15F3O2. The van der Waals surface area contributed by atoms with E-state index < -0.39 is 29.1 Å². The highest BCUT2D eigenvalue weighted by atomic mass is 19.1. The van der Waals surface area contributed by atoms with Gasteiger partial charge in [-0.1, -0.05) is 18.2 Å². The molecule has 0 aliphatic rings. The van der Waals surface area contributed by atoms with E-state index in [-0.39, 0.29) is 11.7 Å². The van der Waals surface area contributed by atoms with Gasteiger partial charge in [-0.3, -0.25) is 0 Å². The van der Waals surface area contributed by atoms with Gasteiger partial charge < -0.3 is 9.84 Å². The van der Waals surface area contributed by atoms with Gasteiger partial charge in [0.05, 0.1) is 11.7 Å². The Morgan fingerprint density at radius 2 is 1.57 bits per heavy atom. The highest BCUT2D eigenvalue weighted by Gasteiger charge is 2.23. The SMILES string of the molecule is CC(C)Oc1ccccc1C(O)c1c(F)cc(F)cc1F. The van der Waals surface area contributed by atoms with Crippen LogP contribution < -0.4 is 4.74 Å². The second-order valence-corrected chi connectivity index (χ2v) is 4.89. The van der Waals surface area contributed by atoms with Crippen LogP contribution in [0.15, 0.2) is 36.4 Å². The molecule has 0 radical (unpaired) electrons. The molecular weight excluding hydrogens is 281 g/mol. The van der Waals surface area contributed by atoms with E-state index in [1.54, 1.807) is 32.0 Å². The number of halogens is 3. The van der Waals surface area contributed by atoms with Crippen LogP contribution in [0.1, 0.15) is 31.1 Å². The Morgan fingerprint density at radius 3 is 2.14 bits per heavy atom. The summed E-state index contributed by atoms with van der Waals surface area (Å²) in [6.07, 6.45) is -1.75. The summed E-state index contributed by atoms with van der Waals surface area (Å²) in [6, 6.07) is 7.47. The molecule has 2 aromatic rings. The average molecular weight is 296 g/mol. The average Bonchev–Trinajstić information content (AvgIpc) is 2.37. The first-order chi connectivity index (χ1) is 9.90. The number of hydrogen-bond acceptors (Lipinski definition) is 2. The maximum atomic E-state index is 13.8. The second kappa shape index (κ2) is 6.18. The summed E-state index contributed by atoms with van der Waals surface area (Å²) < 4.78 is 46.0. The van der Waals surface area contributed by atoms with Gasteiger partial charge in [-0.15, -0.1) is 0 Å². The summed E-state index contributed by atoms with van der Waals surface area (Å²) in [5, 5.41) is 10.3. The van der Waals surface area contributed by atoms with Crippen molar-refractivity contribution in [2.24, 2.45) is 0 Å². The molecule has 21 heavy (non-hydrogen) atoms. The van der Waals surface area contributed by atoms with Crippen molar-refractivity contribution in [3.05, 3.63) is 65.0 Å². The zero-order chi connectivity index (χ0) is 15.6. The van der Waals surface area contributed by atoms with Crippen molar-refractivity contribution < 1.29 is 23.0 Å². The lowest BCUT2D eigenvalue weighted by atomic mass is 9.99. The Bertz CT molecular complexity index is 618. The monoisotopic (exact) mass is 296 g/mol. The minimum absolute atomic E-state index is 0.165. The Morgan fingerprint density at radius 1 is 1.00 bits per heavy atom. The Kier molecular flexibility index (Phi) is 4.53. The molecule has 0 saturated carbocycles. The molecule has 0 aromatic heterocycles. The lowest BCUT2D eigenvalue weighted by molar-refractivity contribution is 0.190. The maximum absolute atomic E-state index is 13.8. The molecule has 0 saturated heterocycles. The lowest BCUT2D eigenvalue weighted by Gasteiger charge is -2.19. The molecule has 1 atom stereocenters. The molecule has 1 N–H and O–H groups in total. The molecule has 0 bridgehead atoms. The van der Waals surface area contributed by atoms with Crippen molar-refractivity contribution in [1.29, 1.82) is 0 Å². The number of benzene rings is 2. The van der Waals surface area contributed by atoms with Crippen molar-refractivity contribution >= 4 is 0 Å². The minimum atomic E-state index is -1.58. The van der Waals surface area contributed by atoms with Crippen molar-refractivity contribution in [2.75, 3.05) is 0 Å². The van der Waals surface area contributed by atoms with Gasteiger partial charge in [-0.05, 0) is 19.9 Å². The summed E-state index contributed by atoms with van der Waals surface area (Å²) in [6.45, 7) is 3.59. The van der Waals surface area contributed by atoms with Crippen LogP contribution in [0.3, 0.4) is 0 Å². The van der Waals surface area contributed by atoms with Crippen LogP contribution in [0.4, 0.5) is 13.2 Å². The van der Waals surface area contributed by atoms with Crippen LogP contribution in [0, 0.1) is 17.5 Å². The van der Waals surface area contributed by atoms with Gasteiger partial charge in [0.1, 0.15) is 29.3 Å². The van der Waals surface area contributed by atoms with Crippen molar-refractivity contribution in [3.63, 3.8) is 0 Å². The maximum Gasteiger partial charge on any atom is 0.135 e. The van der Waals surface area contributed by atoms with E-state index in [4.69, 9.17) is 4.74 Å². The quantitative estimate of drug-likeness (QED) is 0.925. The zero-order valence-corrected chi connectivity index (χ0v) is 11.6. The van der Waals surface area contributed by atoms with Gasteiger partial charge in [-0.2, -0.15) is 0 Å². The van der Waals surface area contributed by atoms with Crippen LogP contribution in [0.25, 0.3) is 0 Å². The van der Waals surface area contributed by atoms with E-state index in [1.807, 2.05) is 0 Å². The van der Waals surface area contributed by atoms with E-state index >= 15 is 0 Å². The number of para-hydroxylation sites is 1. The van der Waals surface area contributed by atoms with E-state index in [0.29, 0.717) is 17.9 Å². The van der Waals surface area contributed by atoms with E-state index in [1.165, 1.54) is 6.07 Å². The third kappa shape index (κ3) is 3.36. The molecule has 2 rings (SSSR count). The first kappa shape index (κ1) is 15.4. The van der Waals surface area contributed by atoms with Crippen LogP contribution >= 0.6 is 0 Å². The van der Waals surface area contributed by atoms with Gasteiger partial charge in [0.15, 0.2) is 0 Å². The summed E-state index contributed by atoms with van der Waals surface area (Å²) in [5.74, 6) is -2.99. The molecule has 2 nitrogen and oxygen atoms in total. The third-order valence-corrected chi connectivity index (χ3v) is 2.89. The molecule has 112 valence electrons. The minimum Gasteiger partial charge on any atom is -0.491 e. The zero-order valence-electron chi connectivity index (χ0n) is 11.6. The summed E-state index contributed by atoms with van der Waals surface area (Å²) in [7, 11) is 0. The van der Waals surface area contributed by atoms with Crippen molar-refractivity contribution in [3.8, 4) is 5.75 Å². The van der Waals surface area contributed by atoms with Crippen LogP contribution in [0.2, 0.25) is 0 Å². The molecule has 0 fully saturated rings. The van der Waals surface area contributed by atoms with Crippen LogP contribution in [-0.4, -0.2) is 11.2 Å². The molecule has 0 heterocycles. The second-order valence-electron chi connectivity index (χ2n) is 4.89. The number of rotatable bonds is 4. The summed E-state index contributed by atoms with van der Waals surface area (Å²) >= 11 is 0. The molecule has 2 aromatic carbocycles. The van der Waals surface area contributed by atoms with Gasteiger partial charge in [0.2, 0.25) is 0 Å². The van der Waals surface area contributed by atoms with Crippen molar-refractivity contribution in [2.45, 2.75) is 26.1 Å².